The Labute approximate surface area is 127 Å². The fraction of sp³-hybridized carbons (Fsp3) is 0.455. The second kappa shape index (κ2) is 6.20. The van der Waals surface area contributed by atoms with E-state index >= 15 is 0 Å². The molecular weight excluding hydrogens is 327 g/mol. The van der Waals surface area contributed by atoms with E-state index in [1.165, 1.54) is 18.0 Å². The zero-order chi connectivity index (χ0) is 14.0. The first-order valence-electron chi connectivity index (χ1n) is 5.86. The number of fused-ring (bicyclic) bond motifs is 1. The number of rotatable bonds is 4. The lowest BCUT2D eigenvalue weighted by atomic mass is 10.2. The fourth-order valence-corrected chi connectivity index (χ4v) is 4.24. The van der Waals surface area contributed by atoms with Gasteiger partial charge in [0.15, 0.2) is 0 Å². The summed E-state index contributed by atoms with van der Waals surface area (Å²) < 4.78 is 22.8. The summed E-state index contributed by atoms with van der Waals surface area (Å²) in [5.74, 6) is 0. The normalized spacial score (nSPS) is 16.4. The molecule has 0 aromatic heterocycles. The van der Waals surface area contributed by atoms with Crippen molar-refractivity contribution >= 4 is 43.3 Å². The summed E-state index contributed by atoms with van der Waals surface area (Å²) in [5.41, 5.74) is 1.01. The summed E-state index contributed by atoms with van der Waals surface area (Å²) in [6, 6.07) is 3.20. The lowest BCUT2D eigenvalue weighted by molar-refractivity contribution is 0.230. The molecule has 106 valence electrons. The van der Waals surface area contributed by atoms with E-state index in [1.54, 1.807) is 6.07 Å². The number of halogens is 2. The number of hydrogen-bond donors (Lipinski definition) is 1. The highest BCUT2D eigenvalue weighted by atomic mass is 35.7. The third-order valence-electron chi connectivity index (χ3n) is 2.81. The topological polar surface area (TPSA) is 49.4 Å². The smallest absolute Gasteiger partial charge is 0.230 e. The highest BCUT2D eigenvalue weighted by Gasteiger charge is 2.22. The molecule has 0 radical (unpaired) electrons. The maximum Gasteiger partial charge on any atom is 0.262 e. The Bertz CT molecular complexity index is 578. The van der Waals surface area contributed by atoms with Crippen LogP contribution >= 0.6 is 34.2 Å². The molecule has 4 nitrogen and oxygen atoms in total. The Balaban J connectivity index is 2.26. The number of hydrazine groups is 1. The maximum absolute atomic E-state index is 11.4. The van der Waals surface area contributed by atoms with Gasteiger partial charge in [0.05, 0.1) is 5.02 Å². The van der Waals surface area contributed by atoms with Gasteiger partial charge in [0.25, 0.3) is 9.05 Å². The first-order chi connectivity index (χ1) is 8.91. The molecule has 0 atom stereocenters. The van der Waals surface area contributed by atoms with Gasteiger partial charge in [-0.2, -0.15) is 4.83 Å². The van der Waals surface area contributed by atoms with E-state index in [-0.39, 0.29) is 9.92 Å². The van der Waals surface area contributed by atoms with Crippen molar-refractivity contribution < 1.29 is 8.42 Å². The number of nitrogens with one attached hydrogen (secondary N) is 1. The molecule has 0 fully saturated rings. The van der Waals surface area contributed by atoms with Crippen molar-refractivity contribution in [2.75, 3.05) is 6.54 Å². The van der Waals surface area contributed by atoms with Crippen molar-refractivity contribution in [1.29, 1.82) is 0 Å². The standard InChI is InChI=1S/C11H14Cl2N2O2S2/c1-2-3-4-15-7-8-5-9(12)11(19(13,16)17)6-10(8)18-14-15/h5-6,14H,2-4,7H2,1H3. The number of benzene rings is 1. The SMILES string of the molecule is CCCCN1Cc2cc(Cl)c(S(=O)(=O)Cl)cc2SN1. The zero-order valence-corrected chi connectivity index (χ0v) is 13.5. The van der Waals surface area contributed by atoms with Crippen LogP contribution in [0.4, 0.5) is 0 Å². The van der Waals surface area contributed by atoms with Crippen LogP contribution in [0.25, 0.3) is 0 Å². The molecule has 1 aliphatic heterocycles. The van der Waals surface area contributed by atoms with Gasteiger partial charge in [-0.3, -0.25) is 0 Å². The molecule has 1 N–H and O–H groups in total. The van der Waals surface area contributed by atoms with Crippen LogP contribution in [0.3, 0.4) is 0 Å². The van der Waals surface area contributed by atoms with Crippen molar-refractivity contribution in [3.63, 3.8) is 0 Å². The minimum atomic E-state index is -3.81. The van der Waals surface area contributed by atoms with Crippen molar-refractivity contribution in [2.45, 2.75) is 36.1 Å². The molecule has 1 aromatic rings. The van der Waals surface area contributed by atoms with Crippen LogP contribution in [0.15, 0.2) is 21.9 Å². The Hall–Kier alpha value is 0.0200. The molecule has 0 aliphatic carbocycles. The van der Waals surface area contributed by atoms with Gasteiger partial charge < -0.3 is 0 Å². The summed E-state index contributed by atoms with van der Waals surface area (Å²) in [6.45, 7) is 3.78. The molecule has 0 bridgehead atoms. The van der Waals surface area contributed by atoms with Crippen molar-refractivity contribution in [3.8, 4) is 0 Å². The second-order valence-corrected chi connectivity index (χ2v) is 8.06. The van der Waals surface area contributed by atoms with Gasteiger partial charge in [-0.05, 0) is 36.1 Å². The predicted molar refractivity (Wildman–Crippen MR) is 78.8 cm³/mol. The van der Waals surface area contributed by atoms with E-state index in [1.807, 2.05) is 0 Å². The molecule has 1 heterocycles. The van der Waals surface area contributed by atoms with Crippen LogP contribution < -0.4 is 4.83 Å². The lowest BCUT2D eigenvalue weighted by Gasteiger charge is -2.29. The van der Waals surface area contributed by atoms with E-state index in [9.17, 15) is 8.42 Å². The predicted octanol–water partition coefficient (Wildman–Crippen LogP) is 3.39. The summed E-state index contributed by atoms with van der Waals surface area (Å²) >= 11 is 7.37. The van der Waals surface area contributed by atoms with E-state index in [0.29, 0.717) is 6.54 Å². The largest absolute Gasteiger partial charge is 0.262 e. The van der Waals surface area contributed by atoms with Crippen molar-refractivity contribution in [2.24, 2.45) is 0 Å². The molecule has 0 amide bonds. The van der Waals surface area contributed by atoms with Gasteiger partial charge in [0.1, 0.15) is 4.90 Å². The summed E-state index contributed by atoms with van der Waals surface area (Å²) in [5, 5.41) is 2.26. The molecule has 0 spiro atoms. The second-order valence-electron chi connectivity index (χ2n) is 4.30. The van der Waals surface area contributed by atoms with Gasteiger partial charge in [0, 0.05) is 28.7 Å². The van der Waals surface area contributed by atoms with Gasteiger partial charge in [-0.1, -0.05) is 24.9 Å². The Kier molecular flexibility index (Phi) is 5.03. The molecular formula is C11H14Cl2N2O2S2. The van der Waals surface area contributed by atoms with Gasteiger partial charge in [-0.15, -0.1) is 0 Å². The van der Waals surface area contributed by atoms with Crippen LogP contribution in [0.2, 0.25) is 5.02 Å². The molecule has 0 saturated heterocycles. The number of hydrogen-bond acceptors (Lipinski definition) is 5. The summed E-state index contributed by atoms with van der Waals surface area (Å²) in [6.07, 6.45) is 2.23. The van der Waals surface area contributed by atoms with Gasteiger partial charge >= 0.3 is 0 Å². The van der Waals surface area contributed by atoms with E-state index in [4.69, 9.17) is 22.3 Å². The molecule has 2 rings (SSSR count). The Morgan fingerprint density at radius 2 is 2.21 bits per heavy atom. The van der Waals surface area contributed by atoms with Crippen LogP contribution in [0.1, 0.15) is 25.3 Å². The van der Waals surface area contributed by atoms with Crippen molar-refractivity contribution in [3.05, 3.63) is 22.7 Å². The third-order valence-corrected chi connectivity index (χ3v) is 5.54. The van der Waals surface area contributed by atoms with Crippen LogP contribution in [0, 0.1) is 0 Å². The highest BCUT2D eigenvalue weighted by Crippen LogP contribution is 2.35. The maximum atomic E-state index is 11.4. The molecule has 0 unspecified atom stereocenters. The average Bonchev–Trinajstić information content (AvgIpc) is 2.33. The molecule has 19 heavy (non-hydrogen) atoms. The quantitative estimate of drug-likeness (QED) is 0.672. The van der Waals surface area contributed by atoms with Crippen molar-refractivity contribution in [1.82, 2.24) is 9.84 Å². The van der Waals surface area contributed by atoms with Crippen LogP contribution in [-0.4, -0.2) is 20.0 Å². The number of nitrogens with zero attached hydrogens (tertiary/aromatic N) is 1. The fourth-order valence-electron chi connectivity index (χ4n) is 1.81. The first kappa shape index (κ1) is 15.4. The van der Waals surface area contributed by atoms with Gasteiger partial charge in [0.2, 0.25) is 0 Å². The highest BCUT2D eigenvalue weighted by molar-refractivity contribution is 8.13. The van der Waals surface area contributed by atoms with E-state index in [0.717, 1.165) is 29.8 Å². The molecule has 0 saturated carbocycles. The average molecular weight is 341 g/mol. The summed E-state index contributed by atoms with van der Waals surface area (Å²) in [4.78, 5) is 3.98. The Morgan fingerprint density at radius 1 is 1.47 bits per heavy atom. The first-order valence-corrected chi connectivity index (χ1v) is 9.36. The van der Waals surface area contributed by atoms with E-state index in [2.05, 4.69) is 16.8 Å². The minimum Gasteiger partial charge on any atom is -0.230 e. The Morgan fingerprint density at radius 3 is 2.84 bits per heavy atom. The summed E-state index contributed by atoms with van der Waals surface area (Å²) in [7, 11) is 1.54. The van der Waals surface area contributed by atoms with Crippen LogP contribution in [0.5, 0.6) is 0 Å². The lowest BCUT2D eigenvalue weighted by Crippen LogP contribution is -2.36. The third kappa shape index (κ3) is 3.77. The molecule has 8 heteroatoms. The van der Waals surface area contributed by atoms with E-state index < -0.39 is 9.05 Å². The monoisotopic (exact) mass is 340 g/mol. The van der Waals surface area contributed by atoms with Gasteiger partial charge in [-0.25, -0.2) is 13.4 Å². The molecule has 1 aliphatic rings. The van der Waals surface area contributed by atoms with Crippen LogP contribution in [-0.2, 0) is 15.6 Å². The zero-order valence-electron chi connectivity index (χ0n) is 10.3. The minimum absolute atomic E-state index is 0.0362. The number of unbranched alkanes of at least 4 members (excludes halogenated alkanes) is 1. The molecule has 1 aromatic carbocycles.